The van der Waals surface area contributed by atoms with Crippen molar-refractivity contribution in [3.63, 3.8) is 0 Å². The van der Waals surface area contributed by atoms with Gasteiger partial charge in [0, 0.05) is 25.3 Å². The first kappa shape index (κ1) is 32.5. The molecule has 0 saturated carbocycles. The summed E-state index contributed by atoms with van der Waals surface area (Å²) in [5.41, 5.74) is -1.71. The van der Waals surface area contributed by atoms with Crippen LogP contribution in [0.15, 0.2) is 15.8 Å². The maximum atomic E-state index is 12.9. The van der Waals surface area contributed by atoms with Crippen LogP contribution in [0.3, 0.4) is 0 Å². The van der Waals surface area contributed by atoms with Crippen LogP contribution < -0.4 is 11.2 Å². The maximum Gasteiger partial charge on any atom is 0.330 e. The van der Waals surface area contributed by atoms with E-state index in [-0.39, 0.29) is 19.8 Å². The van der Waals surface area contributed by atoms with Crippen LogP contribution in [-0.2, 0) is 44.4 Å². The van der Waals surface area contributed by atoms with Crippen molar-refractivity contribution in [2.24, 2.45) is 5.41 Å². The number of hydrogen-bond acceptors (Lipinski definition) is 12. The smallest absolute Gasteiger partial charge is 0.330 e. The van der Waals surface area contributed by atoms with Gasteiger partial charge in [0.05, 0.1) is 32.0 Å². The summed E-state index contributed by atoms with van der Waals surface area (Å²) >= 11 is 5.65. The lowest BCUT2D eigenvalue weighted by atomic mass is 9.87. The molecule has 1 aromatic rings. The molecule has 1 saturated heterocycles. The van der Waals surface area contributed by atoms with Gasteiger partial charge in [0.1, 0.15) is 17.6 Å². The van der Waals surface area contributed by atoms with E-state index in [0.29, 0.717) is 30.8 Å². The average molecular weight is 601 g/mol. The molecule has 2 heterocycles. The summed E-state index contributed by atoms with van der Waals surface area (Å²) in [6.07, 6.45) is 3.10. The molecule has 0 amide bonds. The number of aromatic amines is 1. The molecule has 1 aliphatic rings. The second kappa shape index (κ2) is 15.2. The van der Waals surface area contributed by atoms with Gasteiger partial charge in [0.15, 0.2) is 0 Å². The van der Waals surface area contributed by atoms with Crippen LogP contribution in [0.4, 0.5) is 0 Å². The number of hydrogen-bond donors (Lipinski definition) is 1. The molecule has 0 radical (unpaired) electrons. The Bertz CT molecular complexity index is 1050. The van der Waals surface area contributed by atoms with Crippen LogP contribution in [-0.4, -0.2) is 66.9 Å². The molecule has 37 heavy (non-hydrogen) atoms. The number of carbonyl (C=O) groups excluding carboxylic acids is 1. The molecule has 0 aromatic carbocycles. The number of nitrogens with one attached hydrogen (secondary N) is 1. The highest BCUT2D eigenvalue weighted by atomic mass is 33.1. The monoisotopic (exact) mass is 600 g/mol. The second-order valence-corrected chi connectivity index (χ2v) is 14.0. The quantitative estimate of drug-likeness (QED) is 0.0976. The number of aromatic nitrogens is 2. The molecule has 1 aromatic heterocycles. The van der Waals surface area contributed by atoms with Gasteiger partial charge in [-0.25, -0.2) is 4.79 Å². The first-order chi connectivity index (χ1) is 17.6. The predicted octanol–water partition coefficient (Wildman–Crippen LogP) is 3.76. The highest BCUT2D eigenvalue weighted by Crippen LogP contribution is 2.54. The molecule has 0 aliphatic carbocycles. The summed E-state index contributed by atoms with van der Waals surface area (Å²) in [6.45, 7) is 4.01. The fraction of sp³-hybridized carbons (Fsp3) is 0.773. The highest BCUT2D eigenvalue weighted by Gasteiger charge is 2.44. The minimum Gasteiger partial charge on any atom is -0.465 e. The summed E-state index contributed by atoms with van der Waals surface area (Å²) in [7, 11) is 4.48. The minimum absolute atomic E-state index is 0.0929. The molecule has 1 aliphatic heterocycles. The van der Waals surface area contributed by atoms with Crippen molar-refractivity contribution in [3.8, 4) is 0 Å². The van der Waals surface area contributed by atoms with Gasteiger partial charge in [0.2, 0.25) is 0 Å². The van der Waals surface area contributed by atoms with Gasteiger partial charge in [-0.2, -0.15) is 0 Å². The molecule has 0 spiro atoms. The topological polar surface area (TPSA) is 127 Å². The summed E-state index contributed by atoms with van der Waals surface area (Å²) in [5.74, 6) is -0.0346. The Morgan fingerprint density at radius 2 is 2.05 bits per heavy atom. The van der Waals surface area contributed by atoms with E-state index in [9.17, 15) is 14.4 Å². The number of carbonyl (C=O) groups is 1. The number of nitrogens with zero attached hydrogens (tertiary/aromatic N) is 1. The van der Waals surface area contributed by atoms with E-state index in [2.05, 4.69) is 4.98 Å². The van der Waals surface area contributed by atoms with E-state index in [1.807, 2.05) is 20.1 Å². The molecule has 3 unspecified atom stereocenters. The van der Waals surface area contributed by atoms with Gasteiger partial charge in [0.25, 0.3) is 5.56 Å². The number of ether oxygens (including phenoxy) is 3. The zero-order valence-corrected chi connectivity index (χ0v) is 25.4. The van der Waals surface area contributed by atoms with E-state index in [4.69, 9.17) is 39.6 Å². The van der Waals surface area contributed by atoms with Crippen molar-refractivity contribution in [1.82, 2.24) is 9.55 Å². The standard InChI is InChI=1S/C22H37N2O9PS3/c1-7-16-17(10-18(32-16)24-11-15(4)19(25)23-21(24)27)33-34(35,28-5)31-13-22(8-2,20(26)30-9-3)12-29-14-37-36-6/h11,16-18H,7-10,12-14H2,1-6H3,(H,23,25,27)/t16-,17?,18-,22?,34?/m1/s1. The Hall–Kier alpha value is -0.700. The molecule has 2 rings (SSSR count). The lowest BCUT2D eigenvalue weighted by Crippen LogP contribution is -2.41. The van der Waals surface area contributed by atoms with Crippen molar-refractivity contribution in [1.29, 1.82) is 0 Å². The summed E-state index contributed by atoms with van der Waals surface area (Å²) < 4.78 is 36.2. The van der Waals surface area contributed by atoms with E-state index in [0.717, 1.165) is 0 Å². The van der Waals surface area contributed by atoms with Crippen LogP contribution in [0.25, 0.3) is 0 Å². The fourth-order valence-electron chi connectivity index (χ4n) is 3.75. The van der Waals surface area contributed by atoms with Crippen molar-refractivity contribution in [2.75, 3.05) is 39.1 Å². The van der Waals surface area contributed by atoms with Crippen molar-refractivity contribution >= 4 is 46.1 Å². The third-order valence-electron chi connectivity index (χ3n) is 6.04. The van der Waals surface area contributed by atoms with Gasteiger partial charge in [-0.3, -0.25) is 19.1 Å². The van der Waals surface area contributed by atoms with E-state index in [1.54, 1.807) is 24.6 Å². The van der Waals surface area contributed by atoms with Gasteiger partial charge in [-0.15, -0.1) is 0 Å². The molecular formula is C22H37N2O9PS3. The van der Waals surface area contributed by atoms with Gasteiger partial charge in [-0.05, 0) is 44.8 Å². The number of esters is 1. The normalized spacial score (nSPS) is 22.9. The summed E-state index contributed by atoms with van der Waals surface area (Å²) in [4.78, 5) is 39.3. The van der Waals surface area contributed by atoms with E-state index in [1.165, 1.54) is 28.7 Å². The first-order valence-corrected chi connectivity index (χ1v) is 17.2. The van der Waals surface area contributed by atoms with Crippen LogP contribution in [0.2, 0.25) is 0 Å². The first-order valence-electron chi connectivity index (χ1n) is 11.9. The molecule has 1 fully saturated rings. The SMILES string of the molecule is CCOC(=O)C(CC)(COCSSC)COP(=S)(OC)OC1C[C@H](n2cc(C)c(=O)[nH]c2=O)O[C@@H]1CC. The summed E-state index contributed by atoms with van der Waals surface area (Å²) in [6, 6.07) is 0. The fourth-order valence-corrected chi connectivity index (χ4v) is 6.19. The number of aryl methyl sites for hydroxylation is 1. The van der Waals surface area contributed by atoms with E-state index >= 15 is 0 Å². The molecule has 15 heteroatoms. The third-order valence-corrected chi connectivity index (χ3v) is 9.98. The predicted molar refractivity (Wildman–Crippen MR) is 148 cm³/mol. The highest BCUT2D eigenvalue weighted by molar-refractivity contribution is 8.76. The number of rotatable bonds is 16. The molecule has 212 valence electrons. The Morgan fingerprint density at radius 3 is 2.65 bits per heavy atom. The molecular weight excluding hydrogens is 563 g/mol. The van der Waals surface area contributed by atoms with Gasteiger partial charge < -0.3 is 27.8 Å². The summed E-state index contributed by atoms with van der Waals surface area (Å²) in [5, 5.41) is 0. The average Bonchev–Trinajstić information content (AvgIpc) is 3.28. The van der Waals surface area contributed by atoms with Crippen LogP contribution >= 0.6 is 28.3 Å². The van der Waals surface area contributed by atoms with Crippen LogP contribution in [0.1, 0.15) is 51.8 Å². The lowest BCUT2D eigenvalue weighted by molar-refractivity contribution is -0.162. The van der Waals surface area contributed by atoms with Gasteiger partial charge in [-0.1, -0.05) is 35.4 Å². The largest absolute Gasteiger partial charge is 0.465 e. The van der Waals surface area contributed by atoms with Crippen molar-refractivity contribution < 1.29 is 32.6 Å². The van der Waals surface area contributed by atoms with Crippen molar-refractivity contribution in [3.05, 3.63) is 32.6 Å². The van der Waals surface area contributed by atoms with E-state index < -0.39 is 47.8 Å². The third kappa shape index (κ3) is 8.64. The zero-order chi connectivity index (χ0) is 27.6. The number of H-pyrrole nitrogens is 1. The molecule has 1 N–H and O–H groups in total. The Morgan fingerprint density at radius 1 is 1.32 bits per heavy atom. The maximum absolute atomic E-state index is 12.9. The molecule has 0 bridgehead atoms. The second-order valence-electron chi connectivity index (χ2n) is 8.40. The van der Waals surface area contributed by atoms with Crippen molar-refractivity contribution in [2.45, 2.75) is 65.4 Å². The minimum atomic E-state index is -3.32. The Balaban J connectivity index is 2.19. The Labute approximate surface area is 230 Å². The molecule has 11 nitrogen and oxygen atoms in total. The zero-order valence-electron chi connectivity index (χ0n) is 22.1. The van der Waals surface area contributed by atoms with Crippen LogP contribution in [0, 0.1) is 12.3 Å². The van der Waals surface area contributed by atoms with Crippen LogP contribution in [0.5, 0.6) is 0 Å². The lowest BCUT2D eigenvalue weighted by Gasteiger charge is -2.32. The van der Waals surface area contributed by atoms with Gasteiger partial charge >= 0.3 is 18.4 Å². The Kier molecular flexibility index (Phi) is 13.3. The molecule has 5 atom stereocenters.